The van der Waals surface area contributed by atoms with Gasteiger partial charge in [-0.25, -0.2) is 4.79 Å². The van der Waals surface area contributed by atoms with Crippen molar-refractivity contribution >= 4 is 23.1 Å². The molecule has 0 aliphatic rings. The minimum atomic E-state index is -0.356. The zero-order valence-electron chi connectivity index (χ0n) is 15.1. The molecule has 8 nitrogen and oxygen atoms in total. The van der Waals surface area contributed by atoms with E-state index in [-0.39, 0.29) is 6.03 Å². The van der Waals surface area contributed by atoms with Crippen molar-refractivity contribution in [3.05, 3.63) is 60.4 Å². The summed E-state index contributed by atoms with van der Waals surface area (Å²) in [5, 5.41) is 15.5. The lowest BCUT2D eigenvalue weighted by atomic mass is 10.2. The van der Waals surface area contributed by atoms with Crippen LogP contribution in [0.5, 0.6) is 11.5 Å². The number of ether oxygens (including phenoxy) is 2. The number of aromatic nitrogens is 2. The Morgan fingerprint density at radius 2 is 1.74 bits per heavy atom. The number of nitrogens with zero attached hydrogens (tertiary/aromatic N) is 1. The number of methoxy groups -OCH3 is 2. The lowest BCUT2D eigenvalue weighted by Crippen LogP contribution is -2.19. The number of urea groups is 1. The van der Waals surface area contributed by atoms with Crippen LogP contribution in [0.1, 0.15) is 5.56 Å². The van der Waals surface area contributed by atoms with Gasteiger partial charge in [0.05, 0.1) is 26.1 Å². The Morgan fingerprint density at radius 3 is 2.41 bits per heavy atom. The highest BCUT2D eigenvalue weighted by molar-refractivity contribution is 6.00. The molecule has 3 aromatic rings. The molecule has 0 fully saturated rings. The fourth-order valence-corrected chi connectivity index (χ4v) is 2.48. The molecular weight excluding hydrogens is 346 g/mol. The van der Waals surface area contributed by atoms with Crippen molar-refractivity contribution < 1.29 is 14.3 Å². The summed E-state index contributed by atoms with van der Waals surface area (Å²) in [4.78, 5) is 12.3. The molecule has 2 aromatic carbocycles. The second-order valence-corrected chi connectivity index (χ2v) is 5.72. The quantitative estimate of drug-likeness (QED) is 0.510. The first-order valence-corrected chi connectivity index (χ1v) is 8.29. The van der Waals surface area contributed by atoms with E-state index in [4.69, 9.17) is 9.47 Å². The third-order valence-electron chi connectivity index (χ3n) is 3.79. The smallest absolute Gasteiger partial charge is 0.323 e. The zero-order valence-corrected chi connectivity index (χ0v) is 15.1. The standard InChI is InChI=1S/C19H21N5O3/c1-26-17-7-15(8-18(9-17)27-2)24-19(25)23-14-5-3-4-13(6-14)10-20-16-11-21-22-12-16/h3-9,11-12,20H,10H2,1-2H3,(H,21,22)(H2,23,24,25). The summed E-state index contributed by atoms with van der Waals surface area (Å²) in [6.45, 7) is 0.615. The SMILES string of the molecule is COc1cc(NC(=O)Nc2cccc(CNc3cn[nH]c3)c2)cc(OC)c1. The van der Waals surface area contributed by atoms with E-state index in [0.717, 1.165) is 11.3 Å². The fraction of sp³-hybridized carbons (Fsp3) is 0.158. The number of benzene rings is 2. The van der Waals surface area contributed by atoms with Crippen LogP contribution in [0.3, 0.4) is 0 Å². The molecule has 1 heterocycles. The molecule has 0 spiro atoms. The molecule has 2 amide bonds. The molecule has 4 N–H and O–H groups in total. The summed E-state index contributed by atoms with van der Waals surface area (Å²) in [5.41, 5.74) is 3.19. The van der Waals surface area contributed by atoms with Gasteiger partial charge in [-0.05, 0) is 17.7 Å². The molecule has 0 radical (unpaired) electrons. The van der Waals surface area contributed by atoms with Gasteiger partial charge < -0.3 is 25.4 Å². The van der Waals surface area contributed by atoms with Crippen molar-refractivity contribution in [1.82, 2.24) is 10.2 Å². The minimum Gasteiger partial charge on any atom is -0.497 e. The van der Waals surface area contributed by atoms with Crippen LogP contribution in [0.15, 0.2) is 54.9 Å². The maximum atomic E-state index is 12.3. The topological polar surface area (TPSA) is 100 Å². The number of hydrogen-bond acceptors (Lipinski definition) is 5. The molecule has 1 aromatic heterocycles. The molecule has 27 heavy (non-hydrogen) atoms. The number of aromatic amines is 1. The highest BCUT2D eigenvalue weighted by Gasteiger charge is 2.07. The summed E-state index contributed by atoms with van der Waals surface area (Å²) in [5.74, 6) is 1.19. The van der Waals surface area contributed by atoms with Crippen LogP contribution in [-0.4, -0.2) is 30.4 Å². The molecule has 0 aliphatic heterocycles. The third-order valence-corrected chi connectivity index (χ3v) is 3.79. The Bertz CT molecular complexity index is 874. The van der Waals surface area contributed by atoms with Crippen LogP contribution in [0, 0.1) is 0 Å². The monoisotopic (exact) mass is 367 g/mol. The predicted octanol–water partition coefficient (Wildman–Crippen LogP) is 3.68. The first-order valence-electron chi connectivity index (χ1n) is 8.29. The first-order chi connectivity index (χ1) is 13.2. The third kappa shape index (κ3) is 5.15. The second-order valence-electron chi connectivity index (χ2n) is 5.72. The number of carbonyl (C=O) groups excluding carboxylic acids is 1. The molecule has 0 saturated heterocycles. The normalized spacial score (nSPS) is 10.1. The maximum Gasteiger partial charge on any atom is 0.323 e. The Morgan fingerprint density at radius 1 is 1.00 bits per heavy atom. The van der Waals surface area contributed by atoms with E-state index in [2.05, 4.69) is 26.1 Å². The number of rotatable bonds is 7. The van der Waals surface area contributed by atoms with E-state index in [0.29, 0.717) is 29.4 Å². The lowest BCUT2D eigenvalue weighted by Gasteiger charge is -2.11. The van der Waals surface area contributed by atoms with E-state index in [1.54, 1.807) is 44.8 Å². The number of nitrogens with one attached hydrogen (secondary N) is 4. The number of anilines is 3. The Hall–Kier alpha value is -3.68. The number of hydrogen-bond donors (Lipinski definition) is 4. The van der Waals surface area contributed by atoms with Crippen molar-refractivity contribution in [3.63, 3.8) is 0 Å². The molecule has 8 heteroatoms. The molecule has 0 aliphatic carbocycles. The van der Waals surface area contributed by atoms with E-state index < -0.39 is 0 Å². The van der Waals surface area contributed by atoms with Crippen molar-refractivity contribution in [1.29, 1.82) is 0 Å². The van der Waals surface area contributed by atoms with Crippen LogP contribution < -0.4 is 25.4 Å². The fourth-order valence-electron chi connectivity index (χ4n) is 2.48. The molecule has 3 rings (SSSR count). The molecular formula is C19H21N5O3. The Kier molecular flexibility index (Phi) is 5.78. The summed E-state index contributed by atoms with van der Waals surface area (Å²) in [7, 11) is 3.11. The van der Waals surface area contributed by atoms with Gasteiger partial charge in [0, 0.05) is 42.3 Å². The second kappa shape index (κ2) is 8.61. The van der Waals surface area contributed by atoms with E-state index >= 15 is 0 Å². The lowest BCUT2D eigenvalue weighted by molar-refractivity contribution is 0.262. The van der Waals surface area contributed by atoms with Crippen molar-refractivity contribution in [2.45, 2.75) is 6.54 Å². The predicted molar refractivity (Wildman–Crippen MR) is 105 cm³/mol. The van der Waals surface area contributed by atoms with Gasteiger partial charge in [-0.3, -0.25) is 5.10 Å². The Labute approximate surface area is 156 Å². The number of amides is 2. The van der Waals surface area contributed by atoms with Crippen LogP contribution in [0.2, 0.25) is 0 Å². The molecule has 0 saturated carbocycles. The van der Waals surface area contributed by atoms with Gasteiger partial charge in [-0.2, -0.15) is 5.10 Å². The van der Waals surface area contributed by atoms with Gasteiger partial charge in [0.2, 0.25) is 0 Å². The van der Waals surface area contributed by atoms with Crippen LogP contribution in [0.25, 0.3) is 0 Å². The van der Waals surface area contributed by atoms with Gasteiger partial charge in [0.15, 0.2) is 0 Å². The maximum absolute atomic E-state index is 12.3. The highest BCUT2D eigenvalue weighted by Crippen LogP contribution is 2.26. The summed E-state index contributed by atoms with van der Waals surface area (Å²) < 4.78 is 10.4. The van der Waals surface area contributed by atoms with Crippen molar-refractivity contribution in [2.75, 3.05) is 30.2 Å². The number of carbonyl (C=O) groups is 1. The van der Waals surface area contributed by atoms with Crippen LogP contribution in [-0.2, 0) is 6.54 Å². The van der Waals surface area contributed by atoms with Crippen LogP contribution >= 0.6 is 0 Å². The van der Waals surface area contributed by atoms with Crippen LogP contribution in [0.4, 0.5) is 21.9 Å². The van der Waals surface area contributed by atoms with Gasteiger partial charge in [0.25, 0.3) is 0 Å². The highest BCUT2D eigenvalue weighted by atomic mass is 16.5. The van der Waals surface area contributed by atoms with Gasteiger partial charge in [0.1, 0.15) is 11.5 Å². The average Bonchev–Trinajstić information content (AvgIpc) is 3.20. The van der Waals surface area contributed by atoms with E-state index in [1.165, 1.54) is 0 Å². The Balaban J connectivity index is 1.61. The molecule has 0 unspecified atom stereocenters. The number of H-pyrrole nitrogens is 1. The van der Waals surface area contributed by atoms with Gasteiger partial charge in [-0.15, -0.1) is 0 Å². The van der Waals surface area contributed by atoms with Gasteiger partial charge >= 0.3 is 6.03 Å². The molecule has 0 atom stereocenters. The summed E-state index contributed by atoms with van der Waals surface area (Å²) in [6.07, 6.45) is 3.48. The summed E-state index contributed by atoms with van der Waals surface area (Å²) in [6, 6.07) is 12.4. The van der Waals surface area contributed by atoms with E-state index in [9.17, 15) is 4.79 Å². The molecule has 0 bridgehead atoms. The van der Waals surface area contributed by atoms with E-state index in [1.807, 2.05) is 24.3 Å². The van der Waals surface area contributed by atoms with Crippen molar-refractivity contribution in [3.8, 4) is 11.5 Å². The van der Waals surface area contributed by atoms with Gasteiger partial charge in [-0.1, -0.05) is 12.1 Å². The molecule has 140 valence electrons. The summed E-state index contributed by atoms with van der Waals surface area (Å²) >= 11 is 0. The average molecular weight is 367 g/mol. The minimum absolute atomic E-state index is 0.356. The van der Waals surface area contributed by atoms with Crippen molar-refractivity contribution in [2.24, 2.45) is 0 Å². The first kappa shape index (κ1) is 18.1. The zero-order chi connectivity index (χ0) is 19.1. The largest absolute Gasteiger partial charge is 0.497 e.